The summed E-state index contributed by atoms with van der Waals surface area (Å²) in [6, 6.07) is 2.30. The van der Waals surface area contributed by atoms with Gasteiger partial charge in [-0.25, -0.2) is 0 Å². The molecular formula is C16H29N. The van der Waals surface area contributed by atoms with Crippen molar-refractivity contribution in [2.45, 2.75) is 78.2 Å². The summed E-state index contributed by atoms with van der Waals surface area (Å²) in [6.07, 6.45) is 16.7. The molecule has 0 aromatic carbocycles. The van der Waals surface area contributed by atoms with E-state index >= 15 is 0 Å². The van der Waals surface area contributed by atoms with Crippen LogP contribution in [-0.4, -0.2) is 4.57 Å². The smallest absolute Gasteiger partial charge is 0.0219 e. The molecule has 1 heteroatoms. The first-order valence-electron chi connectivity index (χ1n) is 7.51. The van der Waals surface area contributed by atoms with Crippen molar-refractivity contribution in [2.24, 2.45) is 0 Å². The fourth-order valence-corrected chi connectivity index (χ4v) is 2.25. The van der Waals surface area contributed by atoms with E-state index < -0.39 is 0 Å². The monoisotopic (exact) mass is 235 g/mol. The fourth-order valence-electron chi connectivity index (χ4n) is 2.25. The highest BCUT2D eigenvalue weighted by atomic mass is 14.9. The Hall–Kier alpha value is -0.720. The molecule has 0 aliphatic rings. The maximum Gasteiger partial charge on any atom is 0.0219 e. The van der Waals surface area contributed by atoms with Crippen molar-refractivity contribution in [1.29, 1.82) is 0 Å². The Morgan fingerprint density at radius 2 is 1.59 bits per heavy atom. The molecule has 1 nitrogen and oxygen atoms in total. The number of unbranched alkanes of at least 4 members (excludes halogenated alkanes) is 6. The predicted molar refractivity (Wildman–Crippen MR) is 76.4 cm³/mol. The molecule has 0 spiro atoms. The summed E-state index contributed by atoms with van der Waals surface area (Å²) in [7, 11) is 0. The normalized spacial score (nSPS) is 10.9. The second kappa shape index (κ2) is 9.32. The Morgan fingerprint density at radius 1 is 0.882 bits per heavy atom. The summed E-state index contributed by atoms with van der Waals surface area (Å²) >= 11 is 0. The van der Waals surface area contributed by atoms with Crippen molar-refractivity contribution in [3.63, 3.8) is 0 Å². The van der Waals surface area contributed by atoms with Crippen LogP contribution in [0.3, 0.4) is 0 Å². The molecule has 0 atom stereocenters. The van der Waals surface area contributed by atoms with Gasteiger partial charge in [0, 0.05) is 18.9 Å². The number of nitrogens with zero attached hydrogens (tertiary/aromatic N) is 1. The van der Waals surface area contributed by atoms with Gasteiger partial charge in [-0.3, -0.25) is 0 Å². The van der Waals surface area contributed by atoms with Gasteiger partial charge in [0.25, 0.3) is 0 Å². The second-order valence-corrected chi connectivity index (χ2v) is 5.13. The van der Waals surface area contributed by atoms with Crippen LogP contribution in [0.5, 0.6) is 0 Å². The van der Waals surface area contributed by atoms with Gasteiger partial charge < -0.3 is 4.57 Å². The highest BCUT2D eigenvalue weighted by Gasteiger charge is 1.97. The van der Waals surface area contributed by atoms with Crippen LogP contribution in [0.2, 0.25) is 0 Å². The van der Waals surface area contributed by atoms with Crippen LogP contribution in [0.1, 0.15) is 70.8 Å². The van der Waals surface area contributed by atoms with Crippen LogP contribution in [0.25, 0.3) is 0 Å². The topological polar surface area (TPSA) is 4.93 Å². The van der Waals surface area contributed by atoms with Crippen LogP contribution in [0.15, 0.2) is 18.5 Å². The second-order valence-electron chi connectivity index (χ2n) is 5.13. The van der Waals surface area contributed by atoms with Crippen molar-refractivity contribution in [3.05, 3.63) is 24.0 Å². The van der Waals surface area contributed by atoms with Crippen molar-refractivity contribution < 1.29 is 0 Å². The molecule has 0 saturated heterocycles. The maximum absolute atomic E-state index is 2.37. The first kappa shape index (κ1) is 14.3. The van der Waals surface area contributed by atoms with Gasteiger partial charge in [-0.2, -0.15) is 0 Å². The predicted octanol–water partition coefficient (Wildman–Crippen LogP) is 5.19. The molecule has 0 unspecified atom stereocenters. The minimum Gasteiger partial charge on any atom is -0.354 e. The van der Waals surface area contributed by atoms with Gasteiger partial charge in [0.15, 0.2) is 0 Å². The average molecular weight is 235 g/mol. The zero-order chi connectivity index (χ0) is 12.3. The third-order valence-corrected chi connectivity index (χ3v) is 3.40. The molecule has 0 bridgehead atoms. The molecule has 0 radical (unpaired) electrons. The first-order valence-corrected chi connectivity index (χ1v) is 7.51. The molecule has 1 aromatic heterocycles. The Labute approximate surface area is 107 Å². The van der Waals surface area contributed by atoms with Gasteiger partial charge in [-0.15, -0.1) is 0 Å². The quantitative estimate of drug-likeness (QED) is 0.492. The molecule has 0 aliphatic heterocycles. The van der Waals surface area contributed by atoms with Gasteiger partial charge in [0.05, 0.1) is 0 Å². The van der Waals surface area contributed by atoms with Gasteiger partial charge in [0.1, 0.15) is 0 Å². The van der Waals surface area contributed by atoms with E-state index in [0.29, 0.717) is 0 Å². The van der Waals surface area contributed by atoms with Gasteiger partial charge in [-0.1, -0.05) is 52.4 Å². The molecule has 0 amide bonds. The zero-order valence-corrected chi connectivity index (χ0v) is 11.8. The molecule has 1 aromatic rings. The van der Waals surface area contributed by atoms with E-state index in [9.17, 15) is 0 Å². The fraction of sp³-hybridized carbons (Fsp3) is 0.750. The highest BCUT2D eigenvalue weighted by molar-refractivity contribution is 5.10. The summed E-state index contributed by atoms with van der Waals surface area (Å²) in [5.41, 5.74) is 1.52. The molecular weight excluding hydrogens is 206 g/mol. The number of aryl methyl sites for hydroxylation is 2. The summed E-state index contributed by atoms with van der Waals surface area (Å²) in [6.45, 7) is 5.74. The van der Waals surface area contributed by atoms with Crippen molar-refractivity contribution in [3.8, 4) is 0 Å². The van der Waals surface area contributed by atoms with Gasteiger partial charge >= 0.3 is 0 Å². The molecule has 0 N–H and O–H groups in total. The lowest BCUT2D eigenvalue weighted by molar-refractivity contribution is 0.583. The molecule has 0 fully saturated rings. The minimum absolute atomic E-state index is 1.20. The Bertz CT molecular complexity index is 248. The number of rotatable bonds is 10. The van der Waals surface area contributed by atoms with Crippen LogP contribution in [0, 0.1) is 0 Å². The summed E-state index contributed by atoms with van der Waals surface area (Å²) < 4.78 is 2.37. The molecule has 1 rings (SSSR count). The minimum atomic E-state index is 1.20. The standard InChI is InChI=1S/C16H29N/c1-3-5-7-9-11-16-12-14-17(15-16)13-10-8-6-4-2/h12,14-15H,3-11,13H2,1-2H3. The van der Waals surface area contributed by atoms with E-state index in [4.69, 9.17) is 0 Å². The zero-order valence-electron chi connectivity index (χ0n) is 11.8. The van der Waals surface area contributed by atoms with E-state index in [0.717, 1.165) is 0 Å². The molecule has 0 saturated carbocycles. The van der Waals surface area contributed by atoms with Gasteiger partial charge in [0.2, 0.25) is 0 Å². The maximum atomic E-state index is 2.37. The van der Waals surface area contributed by atoms with Crippen molar-refractivity contribution in [1.82, 2.24) is 4.57 Å². The van der Waals surface area contributed by atoms with Crippen molar-refractivity contribution >= 4 is 0 Å². The third kappa shape index (κ3) is 6.55. The van der Waals surface area contributed by atoms with E-state index in [2.05, 4.69) is 36.9 Å². The average Bonchev–Trinajstić information content (AvgIpc) is 2.78. The van der Waals surface area contributed by atoms with E-state index in [1.165, 1.54) is 69.9 Å². The van der Waals surface area contributed by atoms with Crippen LogP contribution < -0.4 is 0 Å². The van der Waals surface area contributed by atoms with E-state index in [1.807, 2.05) is 0 Å². The van der Waals surface area contributed by atoms with E-state index in [1.54, 1.807) is 0 Å². The Balaban J connectivity index is 2.14. The number of hydrogen-bond acceptors (Lipinski definition) is 0. The molecule has 1 heterocycles. The lowest BCUT2D eigenvalue weighted by atomic mass is 10.1. The summed E-state index contributed by atoms with van der Waals surface area (Å²) in [4.78, 5) is 0. The SMILES string of the molecule is CCCCCCc1ccn(CCCCCC)c1. The number of hydrogen-bond donors (Lipinski definition) is 0. The van der Waals surface area contributed by atoms with Crippen LogP contribution >= 0.6 is 0 Å². The lowest BCUT2D eigenvalue weighted by Gasteiger charge is -2.02. The molecule has 98 valence electrons. The molecule has 0 aliphatic carbocycles. The van der Waals surface area contributed by atoms with Gasteiger partial charge in [-0.05, 0) is 30.9 Å². The highest BCUT2D eigenvalue weighted by Crippen LogP contribution is 2.10. The first-order chi connectivity index (χ1) is 8.36. The Morgan fingerprint density at radius 3 is 2.29 bits per heavy atom. The Kier molecular flexibility index (Phi) is 7.87. The lowest BCUT2D eigenvalue weighted by Crippen LogP contribution is -1.94. The third-order valence-electron chi connectivity index (χ3n) is 3.40. The van der Waals surface area contributed by atoms with Crippen LogP contribution in [0.4, 0.5) is 0 Å². The van der Waals surface area contributed by atoms with Crippen molar-refractivity contribution in [2.75, 3.05) is 0 Å². The number of aromatic nitrogens is 1. The van der Waals surface area contributed by atoms with E-state index in [-0.39, 0.29) is 0 Å². The summed E-state index contributed by atoms with van der Waals surface area (Å²) in [5, 5.41) is 0. The van der Waals surface area contributed by atoms with Crippen LogP contribution in [-0.2, 0) is 13.0 Å². The largest absolute Gasteiger partial charge is 0.354 e. The summed E-state index contributed by atoms with van der Waals surface area (Å²) in [5.74, 6) is 0. The molecule has 17 heavy (non-hydrogen) atoms.